The molecule has 4 aliphatic rings. The average Bonchev–Trinajstić information content (AvgIpc) is 2.73. The van der Waals surface area contributed by atoms with Crippen molar-refractivity contribution in [2.24, 2.45) is 17.8 Å². The van der Waals surface area contributed by atoms with Crippen LogP contribution in [0.2, 0.25) is 0 Å². The van der Waals surface area contributed by atoms with Gasteiger partial charge in [0, 0.05) is 17.2 Å². The summed E-state index contributed by atoms with van der Waals surface area (Å²) in [4.78, 5) is 11.6. The molecule has 1 N–H and O–H groups in total. The Morgan fingerprint density at radius 1 is 1.10 bits per heavy atom. The van der Waals surface area contributed by atoms with E-state index in [2.05, 4.69) is 0 Å². The third-order valence-electron chi connectivity index (χ3n) is 7.61. The van der Waals surface area contributed by atoms with E-state index in [0.29, 0.717) is 17.9 Å². The van der Waals surface area contributed by atoms with Crippen LogP contribution in [0.25, 0.3) is 17.2 Å². The van der Waals surface area contributed by atoms with Gasteiger partial charge in [-0.1, -0.05) is 12.1 Å². The number of aromatic hydroxyl groups is 1. The normalized spacial score (nSPS) is 28.9. The molecule has 0 unspecified atom stereocenters. The molecule has 4 heteroatoms. The molecule has 0 saturated heterocycles. The van der Waals surface area contributed by atoms with E-state index in [0.717, 1.165) is 53.7 Å². The second kappa shape index (κ2) is 7.81. The quantitative estimate of drug-likeness (QED) is 0.460. The number of carbonyl (C=O) groups is 1. The fourth-order valence-electron chi connectivity index (χ4n) is 6.79. The largest absolute Gasteiger partial charge is 0.508 e. The molecule has 4 bridgehead atoms. The van der Waals surface area contributed by atoms with Crippen LogP contribution in [0.3, 0.4) is 0 Å². The topological polar surface area (TPSA) is 46.5 Å². The van der Waals surface area contributed by atoms with Crippen LogP contribution in [-0.4, -0.2) is 17.7 Å². The molecule has 4 aliphatic carbocycles. The van der Waals surface area contributed by atoms with Gasteiger partial charge in [-0.05, 0) is 110 Å². The Morgan fingerprint density at radius 3 is 2.42 bits per heavy atom. The van der Waals surface area contributed by atoms with E-state index >= 15 is 0 Å². The number of ether oxygens (including phenoxy) is 1. The Balaban J connectivity index is 1.50. The fourth-order valence-corrected chi connectivity index (χ4v) is 6.79. The standard InChI is InChI=1S/C27H29FO3/c1-2-31-26(30)8-4-17-3-6-24(28)22(12-17)21-5-7-25(29)23(13-21)27-14-18-9-19(15-27)11-20(10-18)16-27/h3-8,12-13,18-20,29H,2,9-11,14-16H2,1H3. The molecular weight excluding hydrogens is 391 g/mol. The number of phenolic OH excluding ortho intramolecular Hbond substituents is 1. The zero-order valence-electron chi connectivity index (χ0n) is 17.9. The van der Waals surface area contributed by atoms with Gasteiger partial charge in [-0.3, -0.25) is 0 Å². The summed E-state index contributed by atoms with van der Waals surface area (Å²) in [5.74, 6) is 1.91. The lowest BCUT2D eigenvalue weighted by Gasteiger charge is -2.57. The molecule has 2 aromatic rings. The van der Waals surface area contributed by atoms with Gasteiger partial charge in [0.2, 0.25) is 0 Å². The lowest BCUT2D eigenvalue weighted by atomic mass is 9.48. The van der Waals surface area contributed by atoms with Crippen molar-refractivity contribution >= 4 is 12.0 Å². The van der Waals surface area contributed by atoms with E-state index in [4.69, 9.17) is 4.74 Å². The molecule has 0 aliphatic heterocycles. The molecule has 0 aromatic heterocycles. The molecule has 0 atom stereocenters. The Hall–Kier alpha value is -2.62. The number of hydrogen-bond acceptors (Lipinski definition) is 3. The molecule has 6 rings (SSSR count). The van der Waals surface area contributed by atoms with Crippen molar-refractivity contribution in [3.05, 3.63) is 59.4 Å². The first kappa shape index (κ1) is 20.3. The van der Waals surface area contributed by atoms with Crippen molar-refractivity contribution < 1.29 is 19.0 Å². The molecule has 162 valence electrons. The van der Waals surface area contributed by atoms with Crippen molar-refractivity contribution in [1.82, 2.24) is 0 Å². The summed E-state index contributed by atoms with van der Waals surface area (Å²) >= 11 is 0. The fraction of sp³-hybridized carbons (Fsp3) is 0.444. The molecular formula is C27H29FO3. The number of hydrogen-bond donors (Lipinski definition) is 1. The van der Waals surface area contributed by atoms with Gasteiger partial charge in [0.25, 0.3) is 0 Å². The van der Waals surface area contributed by atoms with Crippen LogP contribution >= 0.6 is 0 Å². The zero-order chi connectivity index (χ0) is 21.6. The van der Waals surface area contributed by atoms with E-state index < -0.39 is 5.97 Å². The molecule has 31 heavy (non-hydrogen) atoms. The van der Waals surface area contributed by atoms with Gasteiger partial charge in [0.1, 0.15) is 11.6 Å². The van der Waals surface area contributed by atoms with Crippen molar-refractivity contribution in [3.8, 4) is 16.9 Å². The Morgan fingerprint density at radius 2 is 1.77 bits per heavy atom. The molecule has 2 aromatic carbocycles. The Kier molecular flexibility index (Phi) is 5.11. The minimum absolute atomic E-state index is 0.0345. The number of esters is 1. The molecule has 4 saturated carbocycles. The van der Waals surface area contributed by atoms with Gasteiger partial charge in [-0.2, -0.15) is 0 Å². The summed E-state index contributed by atoms with van der Waals surface area (Å²) < 4.78 is 19.7. The monoisotopic (exact) mass is 420 g/mol. The maximum absolute atomic E-state index is 14.8. The second-order valence-electron chi connectivity index (χ2n) is 9.75. The summed E-state index contributed by atoms with van der Waals surface area (Å²) in [5.41, 5.74) is 3.02. The zero-order valence-corrected chi connectivity index (χ0v) is 17.9. The first-order chi connectivity index (χ1) is 15.0. The van der Waals surface area contributed by atoms with Crippen LogP contribution in [0.5, 0.6) is 5.75 Å². The summed E-state index contributed by atoms with van der Waals surface area (Å²) in [6, 6.07) is 10.4. The first-order valence-electron chi connectivity index (χ1n) is 11.4. The van der Waals surface area contributed by atoms with Crippen molar-refractivity contribution in [2.45, 2.75) is 50.9 Å². The molecule has 4 fully saturated rings. The van der Waals surface area contributed by atoms with Crippen molar-refractivity contribution in [1.29, 1.82) is 0 Å². The van der Waals surface area contributed by atoms with E-state index in [1.54, 1.807) is 37.3 Å². The van der Waals surface area contributed by atoms with Crippen LogP contribution in [0, 0.1) is 23.6 Å². The highest BCUT2D eigenvalue weighted by atomic mass is 19.1. The number of rotatable bonds is 5. The van der Waals surface area contributed by atoms with Crippen molar-refractivity contribution in [2.75, 3.05) is 6.61 Å². The predicted molar refractivity (Wildman–Crippen MR) is 119 cm³/mol. The summed E-state index contributed by atoms with van der Waals surface area (Å²) in [6.07, 6.45) is 10.4. The minimum atomic E-state index is -0.415. The maximum Gasteiger partial charge on any atom is 0.330 e. The highest BCUT2D eigenvalue weighted by Crippen LogP contribution is 2.62. The maximum atomic E-state index is 14.8. The van der Waals surface area contributed by atoms with E-state index in [1.807, 2.05) is 6.07 Å². The van der Waals surface area contributed by atoms with Gasteiger partial charge in [-0.15, -0.1) is 0 Å². The highest BCUT2D eigenvalue weighted by Gasteiger charge is 2.52. The number of benzene rings is 2. The van der Waals surface area contributed by atoms with Crippen LogP contribution in [0.1, 0.15) is 56.6 Å². The molecule has 0 amide bonds. The minimum Gasteiger partial charge on any atom is -0.508 e. The third-order valence-corrected chi connectivity index (χ3v) is 7.61. The van der Waals surface area contributed by atoms with Crippen LogP contribution in [0.4, 0.5) is 4.39 Å². The second-order valence-corrected chi connectivity index (χ2v) is 9.75. The van der Waals surface area contributed by atoms with Crippen molar-refractivity contribution in [3.63, 3.8) is 0 Å². The van der Waals surface area contributed by atoms with Gasteiger partial charge in [-0.25, -0.2) is 9.18 Å². The lowest BCUT2D eigenvalue weighted by molar-refractivity contribution is -0.137. The van der Waals surface area contributed by atoms with E-state index in [1.165, 1.54) is 31.4 Å². The van der Waals surface area contributed by atoms with Gasteiger partial charge in [0.05, 0.1) is 6.61 Å². The third kappa shape index (κ3) is 3.77. The number of phenols is 1. The average molecular weight is 421 g/mol. The summed E-state index contributed by atoms with van der Waals surface area (Å²) in [7, 11) is 0. The predicted octanol–water partition coefficient (Wildman–Crippen LogP) is 6.24. The first-order valence-corrected chi connectivity index (χ1v) is 11.4. The lowest BCUT2D eigenvalue weighted by Crippen LogP contribution is -2.48. The van der Waals surface area contributed by atoms with Gasteiger partial charge < -0.3 is 9.84 Å². The molecule has 0 heterocycles. The Labute approximate surface area is 182 Å². The van der Waals surface area contributed by atoms with E-state index in [-0.39, 0.29) is 11.2 Å². The van der Waals surface area contributed by atoms with Crippen LogP contribution in [-0.2, 0) is 14.9 Å². The van der Waals surface area contributed by atoms with Crippen LogP contribution < -0.4 is 0 Å². The number of carbonyl (C=O) groups excluding carboxylic acids is 1. The van der Waals surface area contributed by atoms with E-state index in [9.17, 15) is 14.3 Å². The summed E-state index contributed by atoms with van der Waals surface area (Å²) in [6.45, 7) is 2.08. The Bertz CT molecular complexity index is 1000. The van der Waals surface area contributed by atoms with Gasteiger partial charge in [0.15, 0.2) is 0 Å². The van der Waals surface area contributed by atoms with Crippen LogP contribution in [0.15, 0.2) is 42.5 Å². The molecule has 0 radical (unpaired) electrons. The number of halogens is 1. The highest BCUT2D eigenvalue weighted by molar-refractivity contribution is 5.87. The smallest absolute Gasteiger partial charge is 0.330 e. The molecule has 0 spiro atoms. The summed E-state index contributed by atoms with van der Waals surface area (Å²) in [5, 5.41) is 10.8. The SMILES string of the molecule is CCOC(=O)C=Cc1ccc(F)c(-c2ccc(O)c(C34CC5CC(CC(C5)C3)C4)c2)c1. The molecule has 3 nitrogen and oxygen atoms in total. The van der Waals surface area contributed by atoms with Gasteiger partial charge >= 0.3 is 5.97 Å².